The van der Waals surface area contributed by atoms with Crippen LogP contribution in [0.1, 0.15) is 11.5 Å². The van der Waals surface area contributed by atoms with E-state index in [9.17, 15) is 4.39 Å². The van der Waals surface area contributed by atoms with Gasteiger partial charge in [0.15, 0.2) is 5.17 Å². The van der Waals surface area contributed by atoms with Crippen LogP contribution in [0.5, 0.6) is 5.88 Å². The predicted octanol–water partition coefficient (Wildman–Crippen LogP) is 4.43. The summed E-state index contributed by atoms with van der Waals surface area (Å²) in [7, 11) is 1.59. The van der Waals surface area contributed by atoms with Crippen LogP contribution in [0, 0.1) is 5.82 Å². The third-order valence-corrected chi connectivity index (χ3v) is 5.21. The maximum absolute atomic E-state index is 13.3. The van der Waals surface area contributed by atoms with Crippen molar-refractivity contribution in [1.29, 1.82) is 0 Å². The molecule has 1 saturated heterocycles. The van der Waals surface area contributed by atoms with Crippen LogP contribution in [-0.4, -0.2) is 41.5 Å². The summed E-state index contributed by atoms with van der Waals surface area (Å²) in [5.41, 5.74) is 2.52. The van der Waals surface area contributed by atoms with Gasteiger partial charge < -0.3 is 14.1 Å². The number of pyridine rings is 1. The Morgan fingerprint density at radius 1 is 1.35 bits per heavy atom. The highest BCUT2D eigenvalue weighted by Gasteiger charge is 2.32. The molecular formula is C19H18FN3O2S. The Labute approximate surface area is 154 Å². The molecule has 3 heterocycles. The molecule has 0 spiro atoms. The van der Waals surface area contributed by atoms with Crippen LogP contribution in [0.3, 0.4) is 0 Å². The number of aliphatic imine (C=N–C) groups is 1. The van der Waals surface area contributed by atoms with Gasteiger partial charge in [0, 0.05) is 42.1 Å². The smallest absolute Gasteiger partial charge is 0.213 e. The van der Waals surface area contributed by atoms with Gasteiger partial charge in [-0.25, -0.2) is 14.4 Å². The van der Waals surface area contributed by atoms with Crippen molar-refractivity contribution < 1.29 is 13.5 Å². The molecule has 1 aliphatic heterocycles. The van der Waals surface area contributed by atoms with Crippen LogP contribution in [-0.2, 0) is 0 Å². The van der Waals surface area contributed by atoms with E-state index in [0.717, 1.165) is 34.9 Å². The van der Waals surface area contributed by atoms with Crippen molar-refractivity contribution in [3.63, 3.8) is 0 Å². The first-order valence-electron chi connectivity index (χ1n) is 8.22. The summed E-state index contributed by atoms with van der Waals surface area (Å²) in [5, 5.41) is 1.94. The predicted molar refractivity (Wildman–Crippen MR) is 102 cm³/mol. The van der Waals surface area contributed by atoms with Crippen molar-refractivity contribution in [2.75, 3.05) is 26.5 Å². The van der Waals surface area contributed by atoms with Crippen molar-refractivity contribution in [2.45, 2.75) is 5.92 Å². The number of furan rings is 1. The molecule has 134 valence electrons. The van der Waals surface area contributed by atoms with Gasteiger partial charge in [-0.15, -0.1) is 0 Å². The number of amidine groups is 1. The van der Waals surface area contributed by atoms with Gasteiger partial charge >= 0.3 is 0 Å². The van der Waals surface area contributed by atoms with E-state index in [2.05, 4.69) is 14.9 Å². The van der Waals surface area contributed by atoms with Crippen LogP contribution in [0.25, 0.3) is 11.0 Å². The van der Waals surface area contributed by atoms with Crippen LogP contribution < -0.4 is 4.74 Å². The maximum Gasteiger partial charge on any atom is 0.213 e. The lowest BCUT2D eigenvalue weighted by molar-refractivity contribution is 0.258. The minimum atomic E-state index is -0.279. The first-order chi connectivity index (χ1) is 12.7. The Balaban J connectivity index is 1.48. The highest BCUT2D eigenvalue weighted by atomic mass is 32.2. The molecule has 4 rings (SSSR count). The fourth-order valence-electron chi connectivity index (χ4n) is 3.09. The Morgan fingerprint density at radius 2 is 2.19 bits per heavy atom. The summed E-state index contributed by atoms with van der Waals surface area (Å²) in [6.07, 6.45) is 5.46. The molecule has 0 aliphatic carbocycles. The van der Waals surface area contributed by atoms with Gasteiger partial charge in [0.25, 0.3) is 0 Å². The lowest BCUT2D eigenvalue weighted by Gasteiger charge is -2.40. The van der Waals surface area contributed by atoms with E-state index in [0.29, 0.717) is 17.4 Å². The second kappa shape index (κ2) is 6.99. The number of hydrogen-bond acceptors (Lipinski definition) is 5. The number of aromatic nitrogens is 1. The molecule has 3 aromatic rings. The lowest BCUT2D eigenvalue weighted by atomic mass is 9.92. The van der Waals surface area contributed by atoms with Gasteiger partial charge in [-0.05, 0) is 24.5 Å². The highest BCUT2D eigenvalue weighted by Crippen LogP contribution is 2.35. The van der Waals surface area contributed by atoms with Gasteiger partial charge in [-0.3, -0.25) is 0 Å². The Hall–Kier alpha value is -2.54. The van der Waals surface area contributed by atoms with E-state index in [4.69, 9.17) is 9.15 Å². The van der Waals surface area contributed by atoms with Crippen molar-refractivity contribution in [1.82, 2.24) is 9.88 Å². The summed E-state index contributed by atoms with van der Waals surface area (Å²) in [6.45, 7) is 1.71. The van der Waals surface area contributed by atoms with Gasteiger partial charge in [0.1, 0.15) is 11.4 Å². The molecule has 0 saturated carbocycles. The number of ether oxygens (including phenoxy) is 1. The molecule has 7 heteroatoms. The quantitative estimate of drug-likeness (QED) is 0.504. The third-order valence-electron chi connectivity index (χ3n) is 4.50. The number of thioether (sulfide) groups is 1. The number of likely N-dealkylation sites (tertiary alicyclic amines) is 1. The minimum Gasteiger partial charge on any atom is -0.481 e. The third kappa shape index (κ3) is 3.14. The maximum atomic E-state index is 13.3. The second-order valence-electron chi connectivity index (χ2n) is 6.09. The fraction of sp³-hybridized carbons (Fsp3) is 0.263. The monoisotopic (exact) mass is 371 g/mol. The lowest BCUT2D eigenvalue weighted by Crippen LogP contribution is -2.47. The molecule has 1 fully saturated rings. The van der Waals surface area contributed by atoms with E-state index in [-0.39, 0.29) is 5.82 Å². The van der Waals surface area contributed by atoms with Crippen molar-refractivity contribution in [3.8, 4) is 5.88 Å². The van der Waals surface area contributed by atoms with Crippen LogP contribution in [0.2, 0.25) is 0 Å². The van der Waals surface area contributed by atoms with Crippen molar-refractivity contribution in [3.05, 3.63) is 54.2 Å². The van der Waals surface area contributed by atoms with Gasteiger partial charge in [0.2, 0.25) is 5.88 Å². The molecule has 5 nitrogen and oxygen atoms in total. The Morgan fingerprint density at radius 3 is 2.88 bits per heavy atom. The summed E-state index contributed by atoms with van der Waals surface area (Å²) >= 11 is 1.61. The summed E-state index contributed by atoms with van der Waals surface area (Å²) in [5.74, 6) is 0.647. The Bertz CT molecular complexity index is 949. The number of nitrogens with zero attached hydrogens (tertiary/aromatic N) is 3. The molecule has 0 N–H and O–H groups in total. The number of halogens is 1. The average molecular weight is 371 g/mol. The molecule has 2 aromatic heterocycles. The van der Waals surface area contributed by atoms with Gasteiger partial charge in [-0.2, -0.15) is 0 Å². The van der Waals surface area contributed by atoms with Gasteiger partial charge in [-0.1, -0.05) is 11.8 Å². The molecule has 0 atom stereocenters. The van der Waals surface area contributed by atoms with E-state index in [1.165, 1.54) is 12.1 Å². The van der Waals surface area contributed by atoms with Gasteiger partial charge in [0.05, 0.1) is 25.3 Å². The molecular weight excluding hydrogens is 353 g/mol. The average Bonchev–Trinajstić information content (AvgIpc) is 3.03. The van der Waals surface area contributed by atoms with Crippen LogP contribution in [0.4, 0.5) is 10.1 Å². The fourth-order valence-corrected chi connectivity index (χ4v) is 3.69. The van der Waals surface area contributed by atoms with Crippen LogP contribution >= 0.6 is 11.8 Å². The SMILES string of the molecule is COc1ccc(N=C(SC)N2CC(c3coc4cc(F)ccc34)C2)cn1. The minimum absolute atomic E-state index is 0.279. The zero-order valence-electron chi connectivity index (χ0n) is 14.5. The number of methoxy groups -OCH3 is 1. The van der Waals surface area contributed by atoms with E-state index >= 15 is 0 Å². The number of fused-ring (bicyclic) bond motifs is 1. The second-order valence-corrected chi connectivity index (χ2v) is 6.86. The summed E-state index contributed by atoms with van der Waals surface area (Å²) in [4.78, 5) is 11.1. The first-order valence-corrected chi connectivity index (χ1v) is 9.44. The van der Waals surface area contributed by atoms with E-state index in [1.807, 2.05) is 12.3 Å². The molecule has 1 aromatic carbocycles. The molecule has 1 aliphatic rings. The standard InChI is InChI=1S/C19H18FN3O2S/c1-24-18-6-4-14(8-21-18)22-19(26-2)23-9-12(10-23)16-11-25-17-7-13(20)3-5-15(16)17/h3-8,11-12H,9-10H2,1-2H3. The van der Waals surface area contributed by atoms with Crippen molar-refractivity contribution >= 4 is 33.6 Å². The molecule has 0 unspecified atom stereocenters. The number of benzene rings is 1. The van der Waals surface area contributed by atoms with E-state index in [1.54, 1.807) is 43.5 Å². The largest absolute Gasteiger partial charge is 0.481 e. The zero-order chi connectivity index (χ0) is 18.1. The number of hydrogen-bond donors (Lipinski definition) is 0. The van der Waals surface area contributed by atoms with E-state index < -0.39 is 0 Å². The zero-order valence-corrected chi connectivity index (χ0v) is 15.3. The van der Waals surface area contributed by atoms with Crippen molar-refractivity contribution in [2.24, 2.45) is 4.99 Å². The summed E-state index contributed by atoms with van der Waals surface area (Å²) in [6, 6.07) is 8.38. The topological polar surface area (TPSA) is 50.9 Å². The molecule has 0 radical (unpaired) electrons. The van der Waals surface area contributed by atoms with Crippen LogP contribution in [0.15, 0.2) is 52.2 Å². The normalized spacial score (nSPS) is 15.3. The first kappa shape index (κ1) is 16.9. The summed E-state index contributed by atoms with van der Waals surface area (Å²) < 4.78 is 23.9. The molecule has 0 bridgehead atoms. The molecule has 26 heavy (non-hydrogen) atoms. The number of rotatable bonds is 3. The Kier molecular flexibility index (Phi) is 4.55. The highest BCUT2D eigenvalue weighted by molar-refractivity contribution is 8.13. The molecule has 0 amide bonds.